The smallest absolute Gasteiger partial charge is 0.101 e. The van der Waals surface area contributed by atoms with Crippen molar-refractivity contribution in [2.45, 2.75) is 13.8 Å². The molecule has 0 fully saturated rings. The maximum Gasteiger partial charge on any atom is 0.101 e. The second kappa shape index (κ2) is 5.46. The van der Waals surface area contributed by atoms with Crippen LogP contribution in [0, 0.1) is 25.2 Å². The van der Waals surface area contributed by atoms with E-state index in [0.29, 0.717) is 5.56 Å². The molecule has 0 spiro atoms. The standard InChI is InChI=1S/C16H15BrN2/c1-11-6-12(2)8-15(7-11)19(3)16-5-4-14(17)9-13(16)10-18/h4-9H,1-3H3. The number of nitriles is 1. The minimum Gasteiger partial charge on any atom is -0.344 e. The molecule has 3 heteroatoms. The van der Waals surface area contributed by atoms with E-state index in [1.807, 2.05) is 30.1 Å². The van der Waals surface area contributed by atoms with Crippen LogP contribution in [0.1, 0.15) is 16.7 Å². The summed E-state index contributed by atoms with van der Waals surface area (Å²) in [5.41, 5.74) is 5.11. The van der Waals surface area contributed by atoms with Gasteiger partial charge in [0.05, 0.1) is 11.3 Å². The molecule has 2 aromatic rings. The van der Waals surface area contributed by atoms with Gasteiger partial charge in [0, 0.05) is 17.2 Å². The van der Waals surface area contributed by atoms with Crippen LogP contribution in [0.25, 0.3) is 0 Å². The van der Waals surface area contributed by atoms with Crippen molar-refractivity contribution < 1.29 is 0 Å². The third kappa shape index (κ3) is 2.97. The molecule has 0 amide bonds. The summed E-state index contributed by atoms with van der Waals surface area (Å²) < 4.78 is 0.918. The summed E-state index contributed by atoms with van der Waals surface area (Å²) >= 11 is 3.40. The summed E-state index contributed by atoms with van der Waals surface area (Å²) in [4.78, 5) is 2.05. The first-order valence-electron chi connectivity index (χ1n) is 6.03. The Balaban J connectivity index is 2.50. The summed E-state index contributed by atoms with van der Waals surface area (Å²) in [5.74, 6) is 0. The number of rotatable bonds is 2. The summed E-state index contributed by atoms with van der Waals surface area (Å²) in [6.07, 6.45) is 0. The van der Waals surface area contributed by atoms with Crippen molar-refractivity contribution in [3.63, 3.8) is 0 Å². The van der Waals surface area contributed by atoms with E-state index in [0.717, 1.165) is 15.8 Å². The van der Waals surface area contributed by atoms with Gasteiger partial charge >= 0.3 is 0 Å². The van der Waals surface area contributed by atoms with Crippen LogP contribution in [0.15, 0.2) is 40.9 Å². The van der Waals surface area contributed by atoms with Crippen molar-refractivity contribution in [2.24, 2.45) is 0 Å². The predicted octanol–water partition coefficient (Wildman–Crippen LogP) is 4.71. The van der Waals surface area contributed by atoms with Crippen LogP contribution in [0.3, 0.4) is 0 Å². The SMILES string of the molecule is Cc1cc(C)cc(N(C)c2ccc(Br)cc2C#N)c1. The van der Waals surface area contributed by atoms with Gasteiger partial charge in [-0.1, -0.05) is 22.0 Å². The summed E-state index contributed by atoms with van der Waals surface area (Å²) in [6.45, 7) is 4.16. The van der Waals surface area contributed by atoms with Crippen molar-refractivity contribution in [1.82, 2.24) is 0 Å². The van der Waals surface area contributed by atoms with Gasteiger partial charge in [-0.25, -0.2) is 0 Å². The predicted molar refractivity (Wildman–Crippen MR) is 82.8 cm³/mol. The number of hydrogen-bond acceptors (Lipinski definition) is 2. The van der Waals surface area contributed by atoms with Crippen LogP contribution in [-0.4, -0.2) is 7.05 Å². The molecule has 0 saturated heterocycles. The summed E-state index contributed by atoms with van der Waals surface area (Å²) in [7, 11) is 1.98. The van der Waals surface area contributed by atoms with E-state index in [1.54, 1.807) is 0 Å². The van der Waals surface area contributed by atoms with Crippen molar-refractivity contribution >= 4 is 27.3 Å². The van der Waals surface area contributed by atoms with Crippen molar-refractivity contribution in [1.29, 1.82) is 5.26 Å². The van der Waals surface area contributed by atoms with Gasteiger partial charge in [-0.3, -0.25) is 0 Å². The van der Waals surface area contributed by atoms with Gasteiger partial charge in [-0.15, -0.1) is 0 Å². The molecule has 0 N–H and O–H groups in total. The van der Waals surface area contributed by atoms with Crippen LogP contribution in [0.4, 0.5) is 11.4 Å². The fraction of sp³-hybridized carbons (Fsp3) is 0.188. The van der Waals surface area contributed by atoms with E-state index < -0.39 is 0 Å². The maximum absolute atomic E-state index is 9.25. The molecule has 0 aliphatic heterocycles. The normalized spacial score (nSPS) is 10.1. The zero-order chi connectivity index (χ0) is 14.0. The number of halogens is 1. The molecule has 0 radical (unpaired) electrons. The zero-order valence-electron chi connectivity index (χ0n) is 11.2. The molecule has 96 valence electrons. The largest absolute Gasteiger partial charge is 0.344 e. The van der Waals surface area contributed by atoms with Gasteiger partial charge in [0.25, 0.3) is 0 Å². The third-order valence-corrected chi connectivity index (χ3v) is 3.53. The second-order valence-electron chi connectivity index (χ2n) is 4.68. The van der Waals surface area contributed by atoms with Gasteiger partial charge in [0.1, 0.15) is 6.07 Å². The topological polar surface area (TPSA) is 27.0 Å². The lowest BCUT2D eigenvalue weighted by molar-refractivity contribution is 1.18. The number of anilines is 2. The minimum atomic E-state index is 0.663. The molecule has 0 aliphatic carbocycles. The Hall–Kier alpha value is -1.79. The lowest BCUT2D eigenvalue weighted by Gasteiger charge is -2.22. The molecule has 0 aliphatic rings. The molecular formula is C16H15BrN2. The van der Waals surface area contributed by atoms with Crippen LogP contribution in [-0.2, 0) is 0 Å². The molecule has 2 nitrogen and oxygen atoms in total. The molecule has 0 unspecified atom stereocenters. The number of hydrogen-bond donors (Lipinski definition) is 0. The number of benzene rings is 2. The lowest BCUT2D eigenvalue weighted by atomic mass is 10.1. The Labute approximate surface area is 122 Å². The fourth-order valence-corrected chi connectivity index (χ4v) is 2.53. The summed E-state index contributed by atoms with van der Waals surface area (Å²) in [6, 6.07) is 14.4. The fourth-order valence-electron chi connectivity index (χ4n) is 2.17. The molecule has 0 atom stereocenters. The van der Waals surface area contributed by atoms with Crippen molar-refractivity contribution in [2.75, 3.05) is 11.9 Å². The highest BCUT2D eigenvalue weighted by Gasteiger charge is 2.10. The average molecular weight is 315 g/mol. The highest BCUT2D eigenvalue weighted by Crippen LogP contribution is 2.30. The summed E-state index contributed by atoms with van der Waals surface area (Å²) in [5, 5.41) is 9.25. The second-order valence-corrected chi connectivity index (χ2v) is 5.59. The molecule has 0 aromatic heterocycles. The van der Waals surface area contributed by atoms with Crippen LogP contribution >= 0.6 is 15.9 Å². The number of aryl methyl sites for hydroxylation is 2. The Kier molecular flexibility index (Phi) is 3.92. The van der Waals surface area contributed by atoms with Crippen LogP contribution < -0.4 is 4.90 Å². The highest BCUT2D eigenvalue weighted by molar-refractivity contribution is 9.10. The Bertz CT molecular complexity index is 636. The molecule has 2 rings (SSSR count). The molecule has 2 aromatic carbocycles. The van der Waals surface area contributed by atoms with E-state index in [1.165, 1.54) is 11.1 Å². The maximum atomic E-state index is 9.25. The molecule has 0 heterocycles. The Morgan fingerprint density at radius 1 is 1.05 bits per heavy atom. The van der Waals surface area contributed by atoms with Crippen LogP contribution in [0.5, 0.6) is 0 Å². The minimum absolute atomic E-state index is 0.663. The molecule has 0 bridgehead atoms. The highest BCUT2D eigenvalue weighted by atomic mass is 79.9. The molecule has 19 heavy (non-hydrogen) atoms. The van der Waals surface area contributed by atoms with Crippen LogP contribution in [0.2, 0.25) is 0 Å². The van der Waals surface area contributed by atoms with E-state index in [2.05, 4.69) is 54.0 Å². The quantitative estimate of drug-likeness (QED) is 0.803. The van der Waals surface area contributed by atoms with Crippen molar-refractivity contribution in [3.05, 3.63) is 57.6 Å². The van der Waals surface area contributed by atoms with Gasteiger partial charge in [-0.05, 0) is 55.3 Å². The third-order valence-electron chi connectivity index (χ3n) is 3.03. The van der Waals surface area contributed by atoms with Gasteiger partial charge in [-0.2, -0.15) is 5.26 Å². The van der Waals surface area contributed by atoms with Gasteiger partial charge in [0.2, 0.25) is 0 Å². The van der Waals surface area contributed by atoms with E-state index in [-0.39, 0.29) is 0 Å². The molecule has 0 saturated carbocycles. The van der Waals surface area contributed by atoms with E-state index in [9.17, 15) is 5.26 Å². The van der Waals surface area contributed by atoms with Gasteiger partial charge < -0.3 is 4.90 Å². The Morgan fingerprint density at radius 3 is 2.26 bits per heavy atom. The van der Waals surface area contributed by atoms with E-state index >= 15 is 0 Å². The number of nitrogens with zero attached hydrogens (tertiary/aromatic N) is 2. The molecular weight excluding hydrogens is 300 g/mol. The first kappa shape index (κ1) is 13.6. The zero-order valence-corrected chi connectivity index (χ0v) is 12.8. The lowest BCUT2D eigenvalue weighted by Crippen LogP contribution is -2.11. The van der Waals surface area contributed by atoms with Crippen molar-refractivity contribution in [3.8, 4) is 6.07 Å². The Morgan fingerprint density at radius 2 is 1.68 bits per heavy atom. The average Bonchev–Trinajstić information content (AvgIpc) is 2.36. The van der Waals surface area contributed by atoms with E-state index in [4.69, 9.17) is 0 Å². The monoisotopic (exact) mass is 314 g/mol. The van der Waals surface area contributed by atoms with Gasteiger partial charge in [0.15, 0.2) is 0 Å². The first-order chi connectivity index (χ1) is 9.01. The first-order valence-corrected chi connectivity index (χ1v) is 6.82.